The summed E-state index contributed by atoms with van der Waals surface area (Å²) in [5.74, 6) is 0. The number of rotatable bonds is 6. The number of halogens is 10. The van der Waals surface area contributed by atoms with Crippen molar-refractivity contribution in [3.8, 4) is 0 Å². The Morgan fingerprint density at radius 1 is 0.435 bits per heavy atom. The van der Waals surface area contributed by atoms with Crippen LogP contribution < -0.4 is 42.4 Å². The van der Waals surface area contributed by atoms with Gasteiger partial charge in [0.1, 0.15) is 20.2 Å². The zero-order valence-corrected chi connectivity index (χ0v) is 28.7. The topological polar surface area (TPSA) is 114 Å². The molecule has 4 aromatic rings. The summed E-state index contributed by atoms with van der Waals surface area (Å²) in [5.41, 5.74) is -8.64. The molecule has 0 spiro atoms. The van der Waals surface area contributed by atoms with Crippen LogP contribution in [0.5, 0.6) is 0 Å². The van der Waals surface area contributed by atoms with E-state index in [1.165, 1.54) is 14.3 Å². The monoisotopic (exact) mass is 924 g/mol. The highest BCUT2D eigenvalue weighted by atomic mass is 127. The van der Waals surface area contributed by atoms with E-state index in [4.69, 9.17) is 0 Å². The van der Waals surface area contributed by atoms with Crippen LogP contribution in [0.15, 0.2) is 121 Å². The molecule has 46 heavy (non-hydrogen) atoms. The lowest BCUT2D eigenvalue weighted by molar-refractivity contribution is -0.597. The first kappa shape index (κ1) is 41.6. The third kappa shape index (κ3) is 18.1. The lowest BCUT2D eigenvalue weighted by Gasteiger charge is -2.14. The lowest BCUT2D eigenvalue weighted by Crippen LogP contribution is -3.61. The Morgan fingerprint density at radius 2 is 0.609 bits per heavy atom. The van der Waals surface area contributed by atoms with Gasteiger partial charge in [-0.15, -0.1) is 0 Å². The van der Waals surface area contributed by atoms with E-state index in [9.17, 15) is 61.1 Å². The van der Waals surface area contributed by atoms with Gasteiger partial charge in [0.15, 0.2) is 14.3 Å². The summed E-state index contributed by atoms with van der Waals surface area (Å²) in [5, 5.41) is 0. The SMILES string of the molecule is O=S(=O)([O-])C(F)C(F)(F)F.O=S(=O)([O-])C(F)C(F)(F)F.c1ccc([I+]c2ccccc2)cc1.c1ccc([I+]c2ccccc2)cc1. The number of alkyl halides is 8. The molecule has 0 aliphatic rings. The van der Waals surface area contributed by atoms with Crippen LogP contribution in [0.3, 0.4) is 0 Å². The first-order valence-electron chi connectivity index (χ1n) is 12.0. The van der Waals surface area contributed by atoms with Crippen LogP contribution in [-0.2, 0) is 20.2 Å². The van der Waals surface area contributed by atoms with E-state index in [0.29, 0.717) is 0 Å². The first-order valence-corrected chi connectivity index (χ1v) is 19.3. The van der Waals surface area contributed by atoms with Gasteiger partial charge in [0.25, 0.3) is 11.0 Å². The van der Waals surface area contributed by atoms with Crippen LogP contribution in [0.1, 0.15) is 0 Å². The summed E-state index contributed by atoms with van der Waals surface area (Å²) >= 11 is 0.0574. The zero-order valence-electron chi connectivity index (χ0n) is 22.7. The molecule has 4 aromatic carbocycles. The van der Waals surface area contributed by atoms with E-state index in [-0.39, 0.29) is 42.4 Å². The predicted molar refractivity (Wildman–Crippen MR) is 142 cm³/mol. The Bertz CT molecular complexity index is 1430. The van der Waals surface area contributed by atoms with Crippen LogP contribution in [0.2, 0.25) is 0 Å². The number of benzene rings is 4. The van der Waals surface area contributed by atoms with Gasteiger partial charge < -0.3 is 9.11 Å². The fourth-order valence-electron chi connectivity index (χ4n) is 2.49. The van der Waals surface area contributed by atoms with E-state index in [1.807, 2.05) is 0 Å². The van der Waals surface area contributed by atoms with Gasteiger partial charge in [-0.25, -0.2) is 25.6 Å². The highest BCUT2D eigenvalue weighted by Crippen LogP contribution is 2.26. The molecule has 0 bridgehead atoms. The van der Waals surface area contributed by atoms with Crippen molar-refractivity contribution in [1.82, 2.24) is 0 Å². The largest absolute Gasteiger partial charge is 0.745 e. The lowest BCUT2D eigenvalue weighted by atomic mass is 10.4. The van der Waals surface area contributed by atoms with Crippen molar-refractivity contribution in [1.29, 1.82) is 0 Å². The van der Waals surface area contributed by atoms with Crippen LogP contribution >= 0.6 is 0 Å². The third-order valence-electron chi connectivity index (χ3n) is 4.39. The van der Waals surface area contributed by atoms with E-state index in [2.05, 4.69) is 121 Å². The van der Waals surface area contributed by atoms with Gasteiger partial charge in [0.2, 0.25) is 0 Å². The Kier molecular flexibility index (Phi) is 17.6. The molecule has 0 N–H and O–H groups in total. The van der Waals surface area contributed by atoms with Crippen molar-refractivity contribution in [2.45, 2.75) is 23.4 Å². The third-order valence-corrected chi connectivity index (χ3v) is 11.3. The van der Waals surface area contributed by atoms with Gasteiger partial charge in [0, 0.05) is 0 Å². The van der Waals surface area contributed by atoms with Crippen molar-refractivity contribution in [2.75, 3.05) is 0 Å². The number of hydrogen-bond acceptors (Lipinski definition) is 6. The van der Waals surface area contributed by atoms with Gasteiger partial charge in [-0.1, -0.05) is 72.8 Å². The number of hydrogen-bond donors (Lipinski definition) is 0. The quantitative estimate of drug-likeness (QED) is 0.158. The van der Waals surface area contributed by atoms with Crippen molar-refractivity contribution >= 4 is 20.2 Å². The summed E-state index contributed by atoms with van der Waals surface area (Å²) in [7, 11) is -11.8. The molecule has 0 aliphatic heterocycles. The normalized spacial score (nSPS) is 12.9. The van der Waals surface area contributed by atoms with Gasteiger partial charge in [-0.05, 0) is 48.5 Å². The molecule has 0 heterocycles. The molecule has 2 atom stereocenters. The Labute approximate surface area is 280 Å². The van der Waals surface area contributed by atoms with E-state index < -0.39 is 43.6 Å². The predicted octanol–water partition coefficient (Wildman–Crippen LogP) is 0.409. The van der Waals surface area contributed by atoms with Gasteiger partial charge in [-0.2, -0.15) is 26.3 Å². The van der Waals surface area contributed by atoms with Crippen LogP contribution in [-0.4, -0.2) is 49.3 Å². The molecule has 0 amide bonds. The fraction of sp³-hybridized carbons (Fsp3) is 0.143. The van der Waals surface area contributed by atoms with Crippen molar-refractivity contribution in [2.24, 2.45) is 0 Å². The summed E-state index contributed by atoms with van der Waals surface area (Å²) in [6.07, 6.45) is -11.2. The second-order valence-corrected chi connectivity index (χ2v) is 16.9. The highest BCUT2D eigenvalue weighted by molar-refractivity contribution is 7.86. The molecular formula is C28H22F8I2O6S2. The van der Waals surface area contributed by atoms with Gasteiger partial charge in [0.05, 0.1) is 0 Å². The van der Waals surface area contributed by atoms with Crippen molar-refractivity contribution < 1.29 is 103 Å². The summed E-state index contributed by atoms with van der Waals surface area (Å²) < 4.78 is 151. The maximum Gasteiger partial charge on any atom is 0.433 e. The summed E-state index contributed by atoms with van der Waals surface area (Å²) in [4.78, 5) is 0. The molecular weight excluding hydrogens is 902 g/mol. The van der Waals surface area contributed by atoms with Crippen LogP contribution in [0.25, 0.3) is 0 Å². The smallest absolute Gasteiger partial charge is 0.433 e. The Balaban J connectivity index is 0.000000310. The van der Waals surface area contributed by atoms with Crippen molar-refractivity contribution in [3.05, 3.63) is 136 Å². The zero-order chi connectivity index (χ0) is 35.0. The average Bonchev–Trinajstić information content (AvgIpc) is 2.98. The maximum atomic E-state index is 11.4. The minimum absolute atomic E-state index is 0.0287. The molecule has 6 nitrogen and oxygen atoms in total. The van der Waals surface area contributed by atoms with Crippen molar-refractivity contribution in [3.63, 3.8) is 0 Å². The summed E-state index contributed by atoms with van der Waals surface area (Å²) in [6.45, 7) is 0. The molecule has 0 saturated carbocycles. The Hall–Kier alpha value is -2.40. The standard InChI is InChI=1S/2C12H10I.2C2H2F4O3S/c2*1-3-7-11(8-4-1)13-12-9-5-2-6-10-12;2*3-1(2(4,5)6)10(7,8)9/h2*1-10H;2*1H,(H,7,8,9)/q2*+1;;/p-2. The van der Waals surface area contributed by atoms with Gasteiger partial charge in [-0.3, -0.25) is 0 Å². The molecule has 0 aliphatic carbocycles. The van der Waals surface area contributed by atoms with Crippen LogP contribution in [0.4, 0.5) is 35.1 Å². The molecule has 0 aromatic heterocycles. The van der Waals surface area contributed by atoms with E-state index in [1.54, 1.807) is 0 Å². The highest BCUT2D eigenvalue weighted by Gasteiger charge is 2.45. The molecule has 0 radical (unpaired) electrons. The average molecular weight is 924 g/mol. The molecule has 0 fully saturated rings. The molecule has 18 heteroatoms. The second-order valence-electron chi connectivity index (χ2n) is 8.07. The molecule has 252 valence electrons. The Morgan fingerprint density at radius 3 is 0.717 bits per heavy atom. The fourth-order valence-corrected chi connectivity index (χ4v) is 7.68. The molecule has 4 rings (SSSR count). The van der Waals surface area contributed by atoms with Crippen LogP contribution in [0, 0.1) is 14.3 Å². The summed E-state index contributed by atoms with van der Waals surface area (Å²) in [6, 6.07) is 42.8. The maximum absolute atomic E-state index is 11.4. The van der Waals surface area contributed by atoms with E-state index >= 15 is 0 Å². The molecule has 2 unspecified atom stereocenters. The molecule has 0 saturated heterocycles. The van der Waals surface area contributed by atoms with E-state index in [0.717, 1.165) is 0 Å². The van der Waals surface area contributed by atoms with Gasteiger partial charge >= 0.3 is 54.8 Å². The first-order chi connectivity index (χ1) is 21.2. The minimum atomic E-state index is -5.90. The second kappa shape index (κ2) is 19.4. The minimum Gasteiger partial charge on any atom is -0.745 e.